The molecule has 0 radical (unpaired) electrons. The number of benzene rings is 2. The SMILES string of the molecule is CCCCCCNC(=O)CCN(Cc1ccccc1)c1nc(Cc2ccccc2)ns1. The molecule has 0 unspecified atom stereocenters. The number of aromatic nitrogens is 2. The summed E-state index contributed by atoms with van der Waals surface area (Å²) in [6, 6.07) is 20.6. The lowest BCUT2D eigenvalue weighted by Gasteiger charge is -2.21. The summed E-state index contributed by atoms with van der Waals surface area (Å²) < 4.78 is 4.57. The molecule has 0 atom stereocenters. The summed E-state index contributed by atoms with van der Waals surface area (Å²) in [7, 11) is 0. The molecular formula is C25H32N4OS. The van der Waals surface area contributed by atoms with Gasteiger partial charge >= 0.3 is 0 Å². The monoisotopic (exact) mass is 436 g/mol. The summed E-state index contributed by atoms with van der Waals surface area (Å²) in [5.41, 5.74) is 2.39. The first-order valence-corrected chi connectivity index (χ1v) is 11.9. The first-order chi connectivity index (χ1) is 15.2. The maximum atomic E-state index is 12.3. The lowest BCUT2D eigenvalue weighted by molar-refractivity contribution is -0.120. The van der Waals surface area contributed by atoms with Crippen LogP contribution in [0.1, 0.15) is 56.0 Å². The topological polar surface area (TPSA) is 58.1 Å². The van der Waals surface area contributed by atoms with Crippen molar-refractivity contribution in [3.05, 3.63) is 77.6 Å². The average molecular weight is 437 g/mol. The maximum absolute atomic E-state index is 12.3. The van der Waals surface area contributed by atoms with Crippen molar-refractivity contribution in [2.24, 2.45) is 0 Å². The molecule has 3 rings (SSSR count). The fourth-order valence-electron chi connectivity index (χ4n) is 3.37. The van der Waals surface area contributed by atoms with Crippen molar-refractivity contribution in [2.75, 3.05) is 18.0 Å². The normalized spacial score (nSPS) is 10.7. The predicted molar refractivity (Wildman–Crippen MR) is 128 cm³/mol. The highest BCUT2D eigenvalue weighted by atomic mass is 32.1. The lowest BCUT2D eigenvalue weighted by atomic mass is 10.1. The molecule has 3 aromatic rings. The molecule has 1 N–H and O–H groups in total. The lowest BCUT2D eigenvalue weighted by Crippen LogP contribution is -2.31. The van der Waals surface area contributed by atoms with E-state index in [9.17, 15) is 4.79 Å². The van der Waals surface area contributed by atoms with Gasteiger partial charge in [0.1, 0.15) is 5.82 Å². The van der Waals surface area contributed by atoms with Gasteiger partial charge in [0.15, 0.2) is 0 Å². The average Bonchev–Trinajstić information content (AvgIpc) is 3.26. The van der Waals surface area contributed by atoms with E-state index in [-0.39, 0.29) is 5.91 Å². The Hall–Kier alpha value is -2.73. The Kier molecular flexibility index (Phi) is 9.51. The fourth-order valence-corrected chi connectivity index (χ4v) is 4.08. The van der Waals surface area contributed by atoms with Crippen LogP contribution in [0.3, 0.4) is 0 Å². The van der Waals surface area contributed by atoms with E-state index in [0.29, 0.717) is 19.5 Å². The van der Waals surface area contributed by atoms with Gasteiger partial charge in [0.2, 0.25) is 11.0 Å². The van der Waals surface area contributed by atoms with Crippen molar-refractivity contribution < 1.29 is 4.79 Å². The van der Waals surface area contributed by atoms with Gasteiger partial charge in [0, 0.05) is 44.0 Å². The number of hydrogen-bond acceptors (Lipinski definition) is 5. The predicted octanol–water partition coefficient (Wildman–Crippen LogP) is 5.22. The smallest absolute Gasteiger partial charge is 0.221 e. The van der Waals surface area contributed by atoms with E-state index in [4.69, 9.17) is 4.98 Å². The van der Waals surface area contributed by atoms with Crippen LogP contribution < -0.4 is 10.2 Å². The van der Waals surface area contributed by atoms with E-state index in [2.05, 4.69) is 45.8 Å². The van der Waals surface area contributed by atoms with Crippen molar-refractivity contribution in [3.63, 3.8) is 0 Å². The summed E-state index contributed by atoms with van der Waals surface area (Å²) in [5.74, 6) is 0.924. The number of amides is 1. The number of anilines is 1. The molecule has 5 nitrogen and oxygen atoms in total. The van der Waals surface area contributed by atoms with E-state index in [1.54, 1.807) is 0 Å². The molecule has 164 valence electrons. The molecule has 2 aromatic carbocycles. The molecule has 31 heavy (non-hydrogen) atoms. The fraction of sp³-hybridized carbons (Fsp3) is 0.400. The summed E-state index contributed by atoms with van der Waals surface area (Å²) in [4.78, 5) is 19.3. The quantitative estimate of drug-likeness (QED) is 0.373. The Labute approximate surface area is 189 Å². The Morgan fingerprint density at radius 3 is 2.39 bits per heavy atom. The van der Waals surface area contributed by atoms with Crippen molar-refractivity contribution in [2.45, 2.75) is 52.0 Å². The van der Waals surface area contributed by atoms with E-state index in [1.807, 2.05) is 36.4 Å². The second-order valence-electron chi connectivity index (χ2n) is 7.72. The van der Waals surface area contributed by atoms with E-state index in [1.165, 1.54) is 41.9 Å². The largest absolute Gasteiger partial charge is 0.356 e. The van der Waals surface area contributed by atoms with E-state index in [0.717, 1.165) is 30.3 Å². The van der Waals surface area contributed by atoms with Gasteiger partial charge in [-0.2, -0.15) is 4.37 Å². The van der Waals surface area contributed by atoms with Gasteiger partial charge in [-0.3, -0.25) is 4.79 Å². The second kappa shape index (κ2) is 12.8. The first kappa shape index (κ1) is 22.9. The zero-order valence-corrected chi connectivity index (χ0v) is 19.1. The molecule has 1 heterocycles. The third-order valence-electron chi connectivity index (χ3n) is 5.11. The number of nitrogens with one attached hydrogen (secondary N) is 1. The summed E-state index contributed by atoms with van der Waals surface area (Å²) in [6.45, 7) is 4.29. The van der Waals surface area contributed by atoms with Gasteiger partial charge in [-0.25, -0.2) is 4.98 Å². The molecule has 0 saturated carbocycles. The minimum atomic E-state index is 0.101. The molecule has 6 heteroatoms. The number of unbranched alkanes of at least 4 members (excludes halogenated alkanes) is 3. The van der Waals surface area contributed by atoms with Crippen LogP contribution in [0, 0.1) is 0 Å². The highest BCUT2D eigenvalue weighted by molar-refractivity contribution is 7.09. The highest BCUT2D eigenvalue weighted by Gasteiger charge is 2.15. The summed E-state index contributed by atoms with van der Waals surface area (Å²) >= 11 is 1.41. The van der Waals surface area contributed by atoms with Crippen molar-refractivity contribution in [1.82, 2.24) is 14.7 Å². The van der Waals surface area contributed by atoms with E-state index >= 15 is 0 Å². The van der Waals surface area contributed by atoms with Crippen LogP contribution in [-0.4, -0.2) is 28.4 Å². The molecule has 0 saturated heterocycles. The first-order valence-electron chi connectivity index (χ1n) is 11.2. The van der Waals surface area contributed by atoms with Crippen molar-refractivity contribution >= 4 is 22.6 Å². The zero-order valence-electron chi connectivity index (χ0n) is 18.3. The Morgan fingerprint density at radius 2 is 1.68 bits per heavy atom. The highest BCUT2D eigenvalue weighted by Crippen LogP contribution is 2.21. The van der Waals surface area contributed by atoms with Gasteiger partial charge in [-0.1, -0.05) is 86.8 Å². The van der Waals surface area contributed by atoms with Crippen LogP contribution in [0.5, 0.6) is 0 Å². The third-order valence-corrected chi connectivity index (χ3v) is 5.93. The zero-order chi connectivity index (χ0) is 21.7. The van der Waals surface area contributed by atoms with Gasteiger partial charge in [-0.05, 0) is 17.5 Å². The number of nitrogens with zero attached hydrogens (tertiary/aromatic N) is 3. The summed E-state index contributed by atoms with van der Waals surface area (Å²) in [5, 5.41) is 3.92. The molecule has 0 spiro atoms. The van der Waals surface area contributed by atoms with Gasteiger partial charge in [0.25, 0.3) is 0 Å². The van der Waals surface area contributed by atoms with Crippen molar-refractivity contribution in [1.29, 1.82) is 0 Å². The summed E-state index contributed by atoms with van der Waals surface area (Å²) in [6.07, 6.45) is 5.82. The number of rotatable bonds is 13. The molecule has 0 bridgehead atoms. The van der Waals surface area contributed by atoms with Crippen molar-refractivity contribution in [3.8, 4) is 0 Å². The van der Waals surface area contributed by atoms with E-state index < -0.39 is 0 Å². The van der Waals surface area contributed by atoms with Crippen LogP contribution in [0.4, 0.5) is 5.13 Å². The Bertz CT molecular complexity index is 898. The molecule has 0 aliphatic heterocycles. The molecule has 0 aliphatic rings. The number of carbonyl (C=O) groups is 1. The van der Waals surface area contributed by atoms with Gasteiger partial charge < -0.3 is 10.2 Å². The van der Waals surface area contributed by atoms with Crippen LogP contribution in [0.15, 0.2) is 60.7 Å². The van der Waals surface area contributed by atoms with Gasteiger partial charge in [0.05, 0.1) is 0 Å². The van der Waals surface area contributed by atoms with Crippen LogP contribution >= 0.6 is 11.5 Å². The standard InChI is InChI=1S/C25H32N4OS/c1-2-3-4-11-17-26-24(30)16-18-29(20-22-14-9-6-10-15-22)25-27-23(28-31-25)19-21-12-7-5-8-13-21/h5-10,12-15H,2-4,11,16-20H2,1H3,(H,26,30). The maximum Gasteiger partial charge on any atom is 0.221 e. The van der Waals surface area contributed by atoms with Crippen LogP contribution in [-0.2, 0) is 17.8 Å². The minimum absolute atomic E-state index is 0.101. The minimum Gasteiger partial charge on any atom is -0.356 e. The molecule has 1 aromatic heterocycles. The number of carbonyl (C=O) groups excluding carboxylic acids is 1. The van der Waals surface area contributed by atoms with Crippen LogP contribution in [0.25, 0.3) is 0 Å². The van der Waals surface area contributed by atoms with Crippen LogP contribution in [0.2, 0.25) is 0 Å². The van der Waals surface area contributed by atoms with Gasteiger partial charge in [-0.15, -0.1) is 0 Å². The Balaban J connectivity index is 1.59. The molecule has 0 fully saturated rings. The second-order valence-corrected chi connectivity index (χ2v) is 8.45. The third kappa shape index (κ3) is 8.13. The number of hydrogen-bond donors (Lipinski definition) is 1. The molecule has 0 aliphatic carbocycles. The molecular weight excluding hydrogens is 404 g/mol. The Morgan fingerprint density at radius 1 is 0.968 bits per heavy atom. The molecule has 1 amide bonds.